The fourth-order valence-corrected chi connectivity index (χ4v) is 12.8. The molecule has 1 aliphatic heterocycles. The molecule has 274 valence electrons. The number of hydrogen-bond donors (Lipinski definition) is 1. The van der Waals surface area contributed by atoms with Gasteiger partial charge >= 0.3 is 0 Å². The first-order chi connectivity index (χ1) is 26.0. The summed E-state index contributed by atoms with van der Waals surface area (Å²) in [5.74, 6) is 3.20. The molecule has 3 nitrogen and oxygen atoms in total. The molecule has 0 saturated heterocycles. The highest BCUT2D eigenvalue weighted by Gasteiger charge is 2.55. The van der Waals surface area contributed by atoms with Crippen molar-refractivity contribution in [2.45, 2.75) is 72.8 Å². The number of benzene rings is 5. The van der Waals surface area contributed by atoms with E-state index >= 15 is 0 Å². The van der Waals surface area contributed by atoms with Crippen LogP contribution in [0.3, 0.4) is 0 Å². The Labute approximate surface area is 333 Å². The second-order valence-electron chi connectivity index (χ2n) is 16.8. The van der Waals surface area contributed by atoms with Gasteiger partial charge in [0.2, 0.25) is 0 Å². The lowest BCUT2D eigenvalue weighted by molar-refractivity contribution is 0.0642. The Kier molecular flexibility index (Phi) is 8.57. The van der Waals surface area contributed by atoms with Gasteiger partial charge in [0.25, 0.3) is 0 Å². The predicted octanol–water partition coefficient (Wildman–Crippen LogP) is 13.4. The van der Waals surface area contributed by atoms with Crippen LogP contribution in [0.15, 0.2) is 118 Å². The fourth-order valence-electron chi connectivity index (χ4n) is 10.5. The molecular weight excluding hydrogens is 721 g/mol. The van der Waals surface area contributed by atoms with Crippen molar-refractivity contribution in [3.63, 3.8) is 0 Å². The van der Waals surface area contributed by atoms with E-state index in [1.165, 1.54) is 54.3 Å². The second-order valence-corrected chi connectivity index (χ2v) is 19.4. The fraction of sp³-hybridized carbons (Fsp3) is 0.292. The standard InChI is InChI=1S/C48H46O3S3/c1-45(2)27-46(3,4)29-47(28-45)39-11-8-7-10-35(39)42-37-24-30(26-52)40(54-41-12-9-23-53-41)25-38(37)44-36(43(42)47)21-22-48(51-44,31-13-17-33(49-5)18-14-31)32-15-19-34(50-6)20-16-32/h7-25,52H,26-29H2,1-6H3. The molecule has 5 aromatic carbocycles. The molecule has 0 amide bonds. The van der Waals surface area contributed by atoms with E-state index in [1.807, 2.05) is 36.0 Å². The summed E-state index contributed by atoms with van der Waals surface area (Å²) in [6.45, 7) is 9.90. The van der Waals surface area contributed by atoms with Crippen LogP contribution in [-0.4, -0.2) is 14.2 Å². The van der Waals surface area contributed by atoms with Crippen molar-refractivity contribution >= 4 is 52.6 Å². The van der Waals surface area contributed by atoms with Crippen molar-refractivity contribution in [2.24, 2.45) is 10.8 Å². The summed E-state index contributed by atoms with van der Waals surface area (Å²) in [5.41, 5.74) is 9.30. The van der Waals surface area contributed by atoms with Crippen LogP contribution in [-0.2, 0) is 16.8 Å². The molecule has 3 aliphatic rings. The SMILES string of the molecule is COc1ccc(C2(c3ccc(OC)cc3)C=Cc3c4c(c5cc(CS)c(Sc6cccs6)cc5c3O2)-c2ccccc2C42CC(C)(C)CC(C)(C)C2)cc1. The summed E-state index contributed by atoms with van der Waals surface area (Å²) in [6.07, 6.45) is 8.03. The van der Waals surface area contributed by atoms with E-state index < -0.39 is 5.60 Å². The highest BCUT2D eigenvalue weighted by molar-refractivity contribution is 8.01. The third kappa shape index (κ3) is 5.62. The van der Waals surface area contributed by atoms with Crippen LogP contribution in [0.2, 0.25) is 0 Å². The molecule has 1 saturated carbocycles. The van der Waals surface area contributed by atoms with Gasteiger partial charge in [0.1, 0.15) is 17.2 Å². The second kappa shape index (κ2) is 13.0. The van der Waals surface area contributed by atoms with Gasteiger partial charge in [0.05, 0.1) is 18.4 Å². The molecule has 2 aliphatic carbocycles. The summed E-state index contributed by atoms with van der Waals surface area (Å²) < 4.78 is 20.3. The first-order valence-corrected chi connectivity index (χ1v) is 21.1. The van der Waals surface area contributed by atoms with Gasteiger partial charge in [-0.05, 0) is 117 Å². The molecule has 54 heavy (non-hydrogen) atoms. The average Bonchev–Trinajstić information content (AvgIpc) is 3.77. The Morgan fingerprint density at radius 3 is 2.00 bits per heavy atom. The molecule has 0 atom stereocenters. The van der Waals surface area contributed by atoms with Crippen molar-refractivity contribution in [3.05, 3.63) is 142 Å². The molecular formula is C48H46O3S3. The van der Waals surface area contributed by atoms with E-state index in [9.17, 15) is 0 Å². The molecule has 0 bridgehead atoms. The molecule has 0 unspecified atom stereocenters. The van der Waals surface area contributed by atoms with Crippen molar-refractivity contribution in [3.8, 4) is 28.4 Å². The molecule has 0 radical (unpaired) electrons. The van der Waals surface area contributed by atoms with Crippen molar-refractivity contribution in [1.82, 2.24) is 0 Å². The number of rotatable bonds is 7. The van der Waals surface area contributed by atoms with Crippen molar-refractivity contribution < 1.29 is 14.2 Å². The summed E-state index contributed by atoms with van der Waals surface area (Å²) in [4.78, 5) is 1.21. The molecule has 6 heteroatoms. The molecule has 1 fully saturated rings. The van der Waals surface area contributed by atoms with Gasteiger partial charge in [-0.15, -0.1) is 11.3 Å². The Balaban J connectivity index is 1.39. The van der Waals surface area contributed by atoms with Gasteiger partial charge < -0.3 is 14.2 Å². The molecule has 1 aromatic heterocycles. The quantitative estimate of drug-likeness (QED) is 0.164. The zero-order chi connectivity index (χ0) is 37.5. The van der Waals surface area contributed by atoms with E-state index in [4.69, 9.17) is 26.8 Å². The van der Waals surface area contributed by atoms with E-state index in [-0.39, 0.29) is 16.2 Å². The van der Waals surface area contributed by atoms with E-state index in [1.54, 1.807) is 25.6 Å². The van der Waals surface area contributed by atoms with Crippen LogP contribution in [0.1, 0.15) is 80.3 Å². The maximum atomic E-state index is 7.78. The van der Waals surface area contributed by atoms with E-state index in [0.717, 1.165) is 46.6 Å². The van der Waals surface area contributed by atoms with Crippen molar-refractivity contribution in [2.75, 3.05) is 14.2 Å². The van der Waals surface area contributed by atoms with Gasteiger partial charge in [-0.1, -0.05) is 100 Å². The summed E-state index contributed by atoms with van der Waals surface area (Å²) in [5, 5.41) is 4.52. The average molecular weight is 767 g/mol. The van der Waals surface area contributed by atoms with Crippen LogP contribution in [0, 0.1) is 10.8 Å². The first-order valence-electron chi connectivity index (χ1n) is 18.8. The maximum absolute atomic E-state index is 7.78. The zero-order valence-electron chi connectivity index (χ0n) is 31.8. The van der Waals surface area contributed by atoms with E-state index in [0.29, 0.717) is 5.75 Å². The van der Waals surface area contributed by atoms with Gasteiger partial charge in [0, 0.05) is 38.1 Å². The van der Waals surface area contributed by atoms with Crippen LogP contribution in [0.4, 0.5) is 0 Å². The van der Waals surface area contributed by atoms with Crippen molar-refractivity contribution in [1.29, 1.82) is 0 Å². The number of ether oxygens (including phenoxy) is 3. The lowest BCUT2D eigenvalue weighted by Crippen LogP contribution is -2.44. The number of thiophene rings is 1. The number of methoxy groups -OCH3 is 2. The Bertz CT molecular complexity index is 2360. The van der Waals surface area contributed by atoms with Crippen LogP contribution in [0.25, 0.3) is 28.0 Å². The minimum absolute atomic E-state index is 0.144. The molecule has 0 N–H and O–H groups in total. The monoisotopic (exact) mass is 766 g/mol. The van der Waals surface area contributed by atoms with Crippen LogP contribution >= 0.6 is 35.7 Å². The van der Waals surface area contributed by atoms with Gasteiger partial charge in [-0.3, -0.25) is 0 Å². The predicted molar refractivity (Wildman–Crippen MR) is 229 cm³/mol. The van der Waals surface area contributed by atoms with E-state index in [2.05, 4.69) is 118 Å². The molecule has 6 aromatic rings. The zero-order valence-corrected chi connectivity index (χ0v) is 34.3. The number of thiol groups is 1. The summed E-state index contributed by atoms with van der Waals surface area (Å²) in [6, 6.07) is 35.0. The Hall–Kier alpha value is -4.10. The number of fused-ring (bicyclic) bond motifs is 10. The Morgan fingerprint density at radius 2 is 1.41 bits per heavy atom. The highest BCUT2D eigenvalue weighted by atomic mass is 32.2. The summed E-state index contributed by atoms with van der Waals surface area (Å²) >= 11 is 8.53. The lowest BCUT2D eigenvalue weighted by atomic mass is 9.52. The normalized spacial score (nSPS) is 18.1. The minimum Gasteiger partial charge on any atom is -0.497 e. The maximum Gasteiger partial charge on any atom is 0.178 e. The van der Waals surface area contributed by atoms with Crippen LogP contribution < -0.4 is 14.2 Å². The third-order valence-electron chi connectivity index (χ3n) is 11.8. The first kappa shape index (κ1) is 35.6. The summed E-state index contributed by atoms with van der Waals surface area (Å²) in [7, 11) is 3.42. The van der Waals surface area contributed by atoms with Gasteiger partial charge in [-0.2, -0.15) is 12.6 Å². The molecule has 2 heterocycles. The lowest BCUT2D eigenvalue weighted by Gasteiger charge is -2.52. The van der Waals surface area contributed by atoms with Crippen LogP contribution in [0.5, 0.6) is 17.2 Å². The molecule has 9 rings (SSSR count). The molecule has 1 spiro atoms. The Morgan fingerprint density at radius 1 is 0.759 bits per heavy atom. The highest BCUT2D eigenvalue weighted by Crippen LogP contribution is 2.67. The number of hydrogen-bond acceptors (Lipinski definition) is 6. The largest absolute Gasteiger partial charge is 0.497 e. The minimum atomic E-state index is -0.903. The van der Waals surface area contributed by atoms with Gasteiger partial charge in [-0.25, -0.2) is 0 Å². The smallest absolute Gasteiger partial charge is 0.178 e. The topological polar surface area (TPSA) is 27.7 Å². The third-order valence-corrected chi connectivity index (χ3v) is 14.3. The van der Waals surface area contributed by atoms with Gasteiger partial charge in [0.15, 0.2) is 5.60 Å².